The van der Waals surface area contributed by atoms with Crippen LogP contribution in [0.25, 0.3) is 0 Å². The van der Waals surface area contributed by atoms with Crippen LogP contribution in [0.15, 0.2) is 81.9 Å². The Morgan fingerprint density at radius 3 is 2.33 bits per heavy atom. The third-order valence-corrected chi connectivity index (χ3v) is 5.85. The van der Waals surface area contributed by atoms with Crippen LogP contribution < -0.4 is 15.5 Å². The van der Waals surface area contributed by atoms with Crippen LogP contribution >= 0.6 is 39.1 Å². The fourth-order valence-electron chi connectivity index (χ4n) is 3.10. The van der Waals surface area contributed by atoms with Crippen LogP contribution in [-0.4, -0.2) is 17.7 Å². The average Bonchev–Trinajstić information content (AvgIpc) is 3.00. The van der Waals surface area contributed by atoms with Gasteiger partial charge in [-0.2, -0.15) is 0 Å². The Hall–Kier alpha value is -3.20. The molecule has 33 heavy (non-hydrogen) atoms. The van der Waals surface area contributed by atoms with E-state index >= 15 is 0 Å². The van der Waals surface area contributed by atoms with Crippen LogP contribution in [-0.2, 0) is 9.59 Å². The van der Waals surface area contributed by atoms with Crippen LogP contribution in [0.4, 0.5) is 21.5 Å². The zero-order valence-electron chi connectivity index (χ0n) is 16.5. The van der Waals surface area contributed by atoms with E-state index in [1.807, 2.05) is 0 Å². The van der Waals surface area contributed by atoms with E-state index in [9.17, 15) is 18.8 Å². The zero-order chi connectivity index (χ0) is 23.7. The molecule has 6 nitrogen and oxygen atoms in total. The standard InChI is InChI=1S/C23H13BrCl2FN3O3/c24-13-4-7-16(8-5-13)30-22(32)19(26)20(23(30)33)28-14-3-1-2-12(10-14)21(31)29-15-6-9-18(27)17(25)11-15/h1-11,28H,(H,29,31). The zero-order valence-corrected chi connectivity index (χ0v) is 19.6. The number of carbonyl (C=O) groups is 3. The van der Waals surface area contributed by atoms with E-state index in [1.54, 1.807) is 42.5 Å². The van der Waals surface area contributed by atoms with Crippen molar-refractivity contribution >= 4 is 73.9 Å². The lowest BCUT2D eigenvalue weighted by atomic mass is 10.1. The molecule has 0 aliphatic carbocycles. The lowest BCUT2D eigenvalue weighted by Gasteiger charge is -2.15. The van der Waals surface area contributed by atoms with Gasteiger partial charge in [-0.25, -0.2) is 9.29 Å². The van der Waals surface area contributed by atoms with Crippen molar-refractivity contribution < 1.29 is 18.8 Å². The number of hydrogen-bond donors (Lipinski definition) is 2. The first-order chi connectivity index (χ1) is 15.7. The van der Waals surface area contributed by atoms with Crippen LogP contribution in [0.1, 0.15) is 10.4 Å². The molecule has 0 spiro atoms. The van der Waals surface area contributed by atoms with Crippen molar-refractivity contribution in [3.8, 4) is 0 Å². The summed E-state index contributed by atoms with van der Waals surface area (Å²) in [6.45, 7) is 0. The molecule has 3 amide bonds. The minimum Gasteiger partial charge on any atom is -0.350 e. The molecular formula is C23H13BrCl2FN3O3. The lowest BCUT2D eigenvalue weighted by molar-refractivity contribution is -0.120. The smallest absolute Gasteiger partial charge is 0.283 e. The van der Waals surface area contributed by atoms with E-state index in [4.69, 9.17) is 23.2 Å². The quantitative estimate of drug-likeness (QED) is 0.387. The molecule has 0 bridgehead atoms. The maximum atomic E-state index is 13.3. The highest BCUT2D eigenvalue weighted by Crippen LogP contribution is 2.31. The number of halogens is 4. The van der Waals surface area contributed by atoms with E-state index in [-0.39, 0.29) is 21.3 Å². The first kappa shape index (κ1) is 23.0. The summed E-state index contributed by atoms with van der Waals surface area (Å²) in [5.74, 6) is -2.36. The topological polar surface area (TPSA) is 78.5 Å². The summed E-state index contributed by atoms with van der Waals surface area (Å²) in [5.41, 5.74) is 1.20. The van der Waals surface area contributed by atoms with E-state index < -0.39 is 23.5 Å². The number of anilines is 3. The number of nitrogens with one attached hydrogen (secondary N) is 2. The first-order valence-corrected chi connectivity index (χ1v) is 11.0. The molecule has 1 aliphatic heterocycles. The third kappa shape index (κ3) is 4.78. The van der Waals surface area contributed by atoms with E-state index in [1.165, 1.54) is 18.2 Å². The molecule has 0 fully saturated rings. The molecule has 10 heteroatoms. The maximum Gasteiger partial charge on any atom is 0.283 e. The minimum atomic E-state index is -0.659. The van der Waals surface area contributed by atoms with Crippen molar-refractivity contribution in [2.45, 2.75) is 0 Å². The van der Waals surface area contributed by atoms with Crippen molar-refractivity contribution in [3.05, 3.63) is 98.3 Å². The molecule has 1 aliphatic rings. The average molecular weight is 549 g/mol. The molecule has 3 aromatic rings. The maximum absolute atomic E-state index is 13.3. The number of amides is 3. The normalized spacial score (nSPS) is 13.5. The van der Waals surface area contributed by atoms with Crippen LogP contribution in [0.2, 0.25) is 5.02 Å². The molecule has 3 aromatic carbocycles. The van der Waals surface area contributed by atoms with Crippen LogP contribution in [0, 0.1) is 5.82 Å². The molecule has 0 atom stereocenters. The van der Waals surface area contributed by atoms with Crippen molar-refractivity contribution in [1.82, 2.24) is 0 Å². The summed E-state index contributed by atoms with van der Waals surface area (Å²) in [6, 6.07) is 16.7. The highest BCUT2D eigenvalue weighted by atomic mass is 79.9. The third-order valence-electron chi connectivity index (χ3n) is 4.68. The molecule has 0 unspecified atom stereocenters. The largest absolute Gasteiger partial charge is 0.350 e. The molecule has 0 radical (unpaired) electrons. The Morgan fingerprint density at radius 2 is 1.64 bits per heavy atom. The summed E-state index contributed by atoms with van der Waals surface area (Å²) in [4.78, 5) is 39.1. The summed E-state index contributed by atoms with van der Waals surface area (Å²) >= 11 is 15.2. The van der Waals surface area contributed by atoms with Gasteiger partial charge in [0.05, 0.1) is 10.7 Å². The first-order valence-electron chi connectivity index (χ1n) is 9.42. The Labute approximate surface area is 206 Å². The molecular weight excluding hydrogens is 536 g/mol. The summed E-state index contributed by atoms with van der Waals surface area (Å²) in [7, 11) is 0. The molecule has 4 rings (SSSR count). The van der Waals surface area contributed by atoms with Gasteiger partial charge in [0, 0.05) is 21.4 Å². The lowest BCUT2D eigenvalue weighted by Crippen LogP contribution is -2.32. The fourth-order valence-corrected chi connectivity index (χ4v) is 3.75. The van der Waals surface area contributed by atoms with Gasteiger partial charge in [-0.1, -0.05) is 45.2 Å². The number of benzene rings is 3. The molecule has 0 saturated carbocycles. The summed E-state index contributed by atoms with van der Waals surface area (Å²) in [5, 5.41) is 5.06. The Kier molecular flexibility index (Phi) is 6.51. The van der Waals surface area contributed by atoms with Gasteiger partial charge in [0.2, 0.25) is 0 Å². The predicted molar refractivity (Wildman–Crippen MR) is 129 cm³/mol. The highest BCUT2D eigenvalue weighted by Gasteiger charge is 2.38. The van der Waals surface area contributed by atoms with E-state index in [2.05, 4.69) is 26.6 Å². The van der Waals surface area contributed by atoms with Gasteiger partial charge < -0.3 is 10.6 Å². The van der Waals surface area contributed by atoms with Gasteiger partial charge in [-0.3, -0.25) is 14.4 Å². The van der Waals surface area contributed by atoms with Gasteiger partial charge in [-0.05, 0) is 60.7 Å². The van der Waals surface area contributed by atoms with Gasteiger partial charge in [0.25, 0.3) is 17.7 Å². The van der Waals surface area contributed by atoms with Crippen molar-refractivity contribution in [3.63, 3.8) is 0 Å². The van der Waals surface area contributed by atoms with Crippen LogP contribution in [0.5, 0.6) is 0 Å². The van der Waals surface area contributed by atoms with Gasteiger partial charge in [-0.15, -0.1) is 0 Å². The molecule has 0 saturated heterocycles. The van der Waals surface area contributed by atoms with E-state index in [0.29, 0.717) is 17.1 Å². The van der Waals surface area contributed by atoms with E-state index in [0.717, 1.165) is 15.4 Å². The molecule has 2 N–H and O–H groups in total. The Bertz CT molecular complexity index is 1330. The number of nitrogens with zero attached hydrogens (tertiary/aromatic N) is 1. The van der Waals surface area contributed by atoms with Crippen LogP contribution in [0.3, 0.4) is 0 Å². The predicted octanol–water partition coefficient (Wildman–Crippen LogP) is 5.93. The minimum absolute atomic E-state index is 0.104. The molecule has 0 aromatic heterocycles. The monoisotopic (exact) mass is 547 g/mol. The number of hydrogen-bond acceptors (Lipinski definition) is 4. The second-order valence-corrected chi connectivity index (χ2v) is 8.60. The molecule has 1 heterocycles. The SMILES string of the molecule is O=C(Nc1ccc(F)c(Cl)c1)c1cccc(NC2=C(Cl)C(=O)N(c3ccc(Br)cc3)C2=O)c1. The summed E-state index contributed by atoms with van der Waals surface area (Å²) in [6.07, 6.45) is 0. The Balaban J connectivity index is 1.53. The highest BCUT2D eigenvalue weighted by molar-refractivity contribution is 9.10. The van der Waals surface area contributed by atoms with Crippen molar-refractivity contribution in [2.24, 2.45) is 0 Å². The van der Waals surface area contributed by atoms with Crippen molar-refractivity contribution in [2.75, 3.05) is 15.5 Å². The number of rotatable bonds is 5. The van der Waals surface area contributed by atoms with Gasteiger partial charge in [0.1, 0.15) is 16.5 Å². The second kappa shape index (κ2) is 9.35. The van der Waals surface area contributed by atoms with Crippen molar-refractivity contribution in [1.29, 1.82) is 0 Å². The molecule has 166 valence electrons. The fraction of sp³-hybridized carbons (Fsp3) is 0. The van der Waals surface area contributed by atoms with Gasteiger partial charge in [0.15, 0.2) is 0 Å². The number of carbonyl (C=O) groups excluding carboxylic acids is 3. The number of imide groups is 1. The summed E-state index contributed by atoms with van der Waals surface area (Å²) < 4.78 is 14.1. The second-order valence-electron chi connectivity index (χ2n) is 6.90. The Morgan fingerprint density at radius 1 is 0.909 bits per heavy atom. The van der Waals surface area contributed by atoms with Gasteiger partial charge >= 0.3 is 0 Å².